The SMILES string of the molecule is Cc1c(CC(=O)Br)c(Br)c(F)c[n+]1[O-]. The third kappa shape index (κ3) is 2.30. The molecule has 0 atom stereocenters. The van der Waals surface area contributed by atoms with Crippen molar-refractivity contribution in [2.75, 3.05) is 0 Å². The van der Waals surface area contributed by atoms with E-state index >= 15 is 0 Å². The molecular formula is C8H6Br2FNO2. The number of hydrogen-bond acceptors (Lipinski definition) is 2. The van der Waals surface area contributed by atoms with E-state index < -0.39 is 5.82 Å². The minimum atomic E-state index is -0.672. The van der Waals surface area contributed by atoms with Gasteiger partial charge in [0.1, 0.15) is 0 Å². The Morgan fingerprint density at radius 3 is 2.79 bits per heavy atom. The summed E-state index contributed by atoms with van der Waals surface area (Å²) >= 11 is 5.73. The molecule has 0 amide bonds. The lowest BCUT2D eigenvalue weighted by atomic mass is 10.1. The summed E-state index contributed by atoms with van der Waals surface area (Å²) in [5.74, 6) is -0.672. The molecular weight excluding hydrogens is 321 g/mol. The highest BCUT2D eigenvalue weighted by atomic mass is 79.9. The van der Waals surface area contributed by atoms with Crippen LogP contribution < -0.4 is 4.73 Å². The van der Waals surface area contributed by atoms with Crippen molar-refractivity contribution < 1.29 is 13.9 Å². The largest absolute Gasteiger partial charge is 0.618 e. The molecule has 0 N–H and O–H groups in total. The molecule has 0 unspecified atom stereocenters. The lowest BCUT2D eigenvalue weighted by Crippen LogP contribution is -2.32. The van der Waals surface area contributed by atoms with Crippen LogP contribution >= 0.6 is 31.9 Å². The Morgan fingerprint density at radius 2 is 2.29 bits per heavy atom. The second kappa shape index (κ2) is 4.35. The number of hydrogen-bond donors (Lipinski definition) is 0. The van der Waals surface area contributed by atoms with Crippen LogP contribution in [0, 0.1) is 17.9 Å². The Labute approximate surface area is 96.8 Å². The highest BCUT2D eigenvalue weighted by molar-refractivity contribution is 9.18. The molecule has 0 saturated heterocycles. The molecule has 3 nitrogen and oxygen atoms in total. The first-order valence-corrected chi connectivity index (χ1v) is 5.27. The maximum Gasteiger partial charge on any atom is 0.217 e. The summed E-state index contributed by atoms with van der Waals surface area (Å²) in [6, 6.07) is 0. The van der Waals surface area contributed by atoms with E-state index in [1.165, 1.54) is 6.92 Å². The number of nitrogens with zero attached hydrogens (tertiary/aromatic N) is 1. The first-order valence-electron chi connectivity index (χ1n) is 3.68. The number of carbonyl (C=O) groups excluding carboxylic acids is 1. The van der Waals surface area contributed by atoms with Gasteiger partial charge in [-0.3, -0.25) is 4.79 Å². The Hall–Kier alpha value is -0.490. The van der Waals surface area contributed by atoms with Crippen LogP contribution in [-0.2, 0) is 11.2 Å². The summed E-state index contributed by atoms with van der Waals surface area (Å²) in [6.45, 7) is 1.53. The Bertz CT molecular complexity index is 369. The minimum Gasteiger partial charge on any atom is -0.618 e. The highest BCUT2D eigenvalue weighted by Gasteiger charge is 2.18. The van der Waals surface area contributed by atoms with Crippen molar-refractivity contribution in [1.29, 1.82) is 0 Å². The van der Waals surface area contributed by atoms with Gasteiger partial charge in [-0.1, -0.05) is 0 Å². The van der Waals surface area contributed by atoms with Crippen molar-refractivity contribution in [2.45, 2.75) is 13.3 Å². The van der Waals surface area contributed by atoms with E-state index in [1.807, 2.05) is 0 Å². The molecule has 14 heavy (non-hydrogen) atoms. The highest BCUT2D eigenvalue weighted by Crippen LogP contribution is 2.22. The van der Waals surface area contributed by atoms with Gasteiger partial charge in [0.25, 0.3) is 0 Å². The van der Waals surface area contributed by atoms with E-state index in [4.69, 9.17) is 0 Å². The van der Waals surface area contributed by atoms with Gasteiger partial charge < -0.3 is 5.21 Å². The quantitative estimate of drug-likeness (QED) is 0.474. The Kier molecular flexibility index (Phi) is 3.60. The van der Waals surface area contributed by atoms with Crippen LogP contribution in [0.5, 0.6) is 0 Å². The monoisotopic (exact) mass is 325 g/mol. The van der Waals surface area contributed by atoms with Gasteiger partial charge in [0.05, 0.1) is 4.47 Å². The summed E-state index contributed by atoms with van der Waals surface area (Å²) in [7, 11) is 0. The van der Waals surface area contributed by atoms with Gasteiger partial charge in [-0.2, -0.15) is 9.12 Å². The van der Waals surface area contributed by atoms with Gasteiger partial charge in [0.15, 0.2) is 5.69 Å². The normalized spacial score (nSPS) is 10.3. The van der Waals surface area contributed by atoms with E-state index in [0.717, 1.165) is 6.20 Å². The predicted octanol–water partition coefficient (Wildman–Crippen LogP) is 1.99. The van der Waals surface area contributed by atoms with Crippen LogP contribution in [0.25, 0.3) is 0 Å². The first kappa shape index (κ1) is 11.6. The second-order valence-electron chi connectivity index (χ2n) is 2.71. The number of halogens is 3. The zero-order valence-electron chi connectivity index (χ0n) is 7.18. The molecule has 0 bridgehead atoms. The molecule has 76 valence electrons. The van der Waals surface area contributed by atoms with Crippen LogP contribution in [0.4, 0.5) is 4.39 Å². The number of carbonyl (C=O) groups is 1. The summed E-state index contributed by atoms with van der Waals surface area (Å²) in [6.07, 6.45) is 0.800. The van der Waals surface area contributed by atoms with E-state index in [9.17, 15) is 14.4 Å². The van der Waals surface area contributed by atoms with Gasteiger partial charge in [-0.15, -0.1) is 0 Å². The van der Waals surface area contributed by atoms with Crippen LogP contribution in [0.3, 0.4) is 0 Å². The molecule has 0 radical (unpaired) electrons. The lowest BCUT2D eigenvalue weighted by molar-refractivity contribution is -0.614. The van der Waals surface area contributed by atoms with Crippen molar-refractivity contribution >= 4 is 36.6 Å². The van der Waals surface area contributed by atoms with Gasteiger partial charge >= 0.3 is 0 Å². The van der Waals surface area contributed by atoms with E-state index in [2.05, 4.69) is 31.9 Å². The van der Waals surface area contributed by atoms with Gasteiger partial charge in [-0.25, -0.2) is 0 Å². The van der Waals surface area contributed by atoms with Crippen molar-refractivity contribution in [3.8, 4) is 0 Å². The Morgan fingerprint density at radius 1 is 1.71 bits per heavy atom. The molecule has 0 spiro atoms. The molecule has 0 aliphatic carbocycles. The van der Waals surface area contributed by atoms with Crippen molar-refractivity contribution in [1.82, 2.24) is 0 Å². The fourth-order valence-electron chi connectivity index (χ4n) is 1.04. The van der Waals surface area contributed by atoms with Gasteiger partial charge in [0.2, 0.25) is 16.7 Å². The standard InChI is InChI=1S/C8H6Br2FNO2/c1-4-5(2-7(9)13)8(10)6(11)3-12(4)14/h3H,2H2,1H3. The number of rotatable bonds is 2. The average molecular weight is 327 g/mol. The molecule has 1 heterocycles. The van der Waals surface area contributed by atoms with E-state index in [-0.39, 0.29) is 15.6 Å². The molecule has 0 fully saturated rings. The lowest BCUT2D eigenvalue weighted by Gasteiger charge is -2.07. The molecule has 6 heteroatoms. The van der Waals surface area contributed by atoms with Crippen LogP contribution in [0.15, 0.2) is 10.7 Å². The topological polar surface area (TPSA) is 44.0 Å². The zero-order valence-corrected chi connectivity index (χ0v) is 10.4. The molecule has 1 aromatic heterocycles. The first-order chi connectivity index (χ1) is 6.43. The van der Waals surface area contributed by atoms with Crippen LogP contribution in [-0.4, -0.2) is 4.69 Å². The average Bonchev–Trinajstić information content (AvgIpc) is 2.09. The maximum atomic E-state index is 13.1. The maximum absolute atomic E-state index is 13.1. The molecule has 1 aromatic rings. The van der Waals surface area contributed by atoms with E-state index in [1.54, 1.807) is 0 Å². The van der Waals surface area contributed by atoms with E-state index in [0.29, 0.717) is 16.0 Å². The molecule has 0 saturated carbocycles. The van der Waals surface area contributed by atoms with Gasteiger partial charge in [-0.05, 0) is 31.9 Å². The second-order valence-corrected chi connectivity index (χ2v) is 4.39. The smallest absolute Gasteiger partial charge is 0.217 e. The molecule has 0 aliphatic rings. The minimum absolute atomic E-state index is 0.0214. The molecule has 1 rings (SSSR count). The third-order valence-electron chi connectivity index (χ3n) is 1.79. The predicted molar refractivity (Wildman–Crippen MR) is 55.4 cm³/mol. The van der Waals surface area contributed by atoms with Gasteiger partial charge in [0, 0.05) is 18.9 Å². The Balaban J connectivity index is 3.31. The van der Waals surface area contributed by atoms with Crippen LogP contribution in [0.1, 0.15) is 11.3 Å². The summed E-state index contributed by atoms with van der Waals surface area (Å²) in [4.78, 5) is 10.8. The summed E-state index contributed by atoms with van der Waals surface area (Å²) in [5, 5.41) is 11.1. The van der Waals surface area contributed by atoms with Crippen molar-refractivity contribution in [2.24, 2.45) is 0 Å². The van der Waals surface area contributed by atoms with Crippen molar-refractivity contribution in [3.63, 3.8) is 0 Å². The number of aromatic nitrogens is 1. The van der Waals surface area contributed by atoms with Crippen LogP contribution in [0.2, 0.25) is 0 Å². The number of pyridine rings is 1. The molecule has 0 aliphatic heterocycles. The molecule has 0 aromatic carbocycles. The zero-order chi connectivity index (χ0) is 10.9. The summed E-state index contributed by atoms with van der Waals surface area (Å²) < 4.78 is 13.3. The fraction of sp³-hybridized carbons (Fsp3) is 0.250. The van der Waals surface area contributed by atoms with Crippen molar-refractivity contribution in [3.05, 3.63) is 33.0 Å². The fourth-order valence-corrected chi connectivity index (χ4v) is 1.85. The summed E-state index contributed by atoms with van der Waals surface area (Å²) in [5.41, 5.74) is 0.674. The third-order valence-corrected chi connectivity index (χ3v) is 2.93.